The number of carbonyl (C=O) groups excluding carboxylic acids is 1. The minimum Gasteiger partial charge on any atom is -0.497 e. The van der Waals surface area contributed by atoms with Crippen molar-refractivity contribution in [1.29, 1.82) is 0 Å². The smallest absolute Gasteiger partial charge is 0.407 e. The average molecular weight is 398 g/mol. The number of alkyl carbamates (subject to hydrolysis) is 1. The molecule has 3 aromatic rings. The zero-order valence-electron chi connectivity index (χ0n) is 16.6. The number of nitrogens with one attached hydrogen (secondary N) is 1. The molecule has 0 spiro atoms. The third-order valence-corrected chi connectivity index (χ3v) is 5.15. The summed E-state index contributed by atoms with van der Waals surface area (Å²) in [5, 5.41) is 2.67. The number of hydrogen-bond donors (Lipinski definition) is 2. The lowest BCUT2D eigenvalue weighted by Gasteiger charge is -2.14. The molecule has 1 aliphatic rings. The Labute approximate surface area is 175 Å². The monoisotopic (exact) mass is 398 g/mol. The molecular formula is C25H22N2O3. The van der Waals surface area contributed by atoms with Crippen LogP contribution in [0.4, 0.5) is 10.5 Å². The maximum absolute atomic E-state index is 12.2. The lowest BCUT2D eigenvalue weighted by atomic mass is 9.98. The summed E-state index contributed by atoms with van der Waals surface area (Å²) in [6, 6.07) is 21.7. The first kappa shape index (κ1) is 19.4. The van der Waals surface area contributed by atoms with Gasteiger partial charge in [0.1, 0.15) is 12.4 Å². The summed E-state index contributed by atoms with van der Waals surface area (Å²) in [5.41, 5.74) is 11.9. The summed E-state index contributed by atoms with van der Waals surface area (Å²) in [7, 11) is 1.58. The predicted octanol–water partition coefficient (Wildman–Crippen LogP) is 4.17. The Kier molecular flexibility index (Phi) is 5.58. The number of fused-ring (bicyclic) bond motifs is 3. The van der Waals surface area contributed by atoms with Gasteiger partial charge in [-0.25, -0.2) is 4.79 Å². The van der Waals surface area contributed by atoms with Crippen LogP contribution in [-0.4, -0.2) is 26.4 Å². The molecule has 5 nitrogen and oxygen atoms in total. The molecule has 0 aromatic heterocycles. The van der Waals surface area contributed by atoms with Gasteiger partial charge in [0, 0.05) is 11.6 Å². The molecule has 0 atom stereocenters. The first-order valence-corrected chi connectivity index (χ1v) is 9.68. The fourth-order valence-corrected chi connectivity index (χ4v) is 3.68. The van der Waals surface area contributed by atoms with Crippen LogP contribution in [0.2, 0.25) is 0 Å². The van der Waals surface area contributed by atoms with E-state index in [1.54, 1.807) is 25.3 Å². The number of nitrogens with two attached hydrogens (primary N) is 1. The van der Waals surface area contributed by atoms with E-state index in [1.165, 1.54) is 22.3 Å². The second-order valence-electron chi connectivity index (χ2n) is 6.93. The summed E-state index contributed by atoms with van der Waals surface area (Å²) in [6.07, 6.45) is -0.496. The van der Waals surface area contributed by atoms with E-state index in [0.29, 0.717) is 17.0 Å². The van der Waals surface area contributed by atoms with Gasteiger partial charge in [0.2, 0.25) is 0 Å². The van der Waals surface area contributed by atoms with Gasteiger partial charge in [-0.05, 0) is 40.5 Å². The van der Waals surface area contributed by atoms with Gasteiger partial charge in [-0.1, -0.05) is 60.4 Å². The predicted molar refractivity (Wildman–Crippen MR) is 117 cm³/mol. The average Bonchev–Trinajstić information content (AvgIpc) is 3.10. The molecule has 0 fully saturated rings. The van der Waals surface area contributed by atoms with Gasteiger partial charge in [0.05, 0.1) is 19.2 Å². The lowest BCUT2D eigenvalue weighted by molar-refractivity contribution is 0.144. The maximum atomic E-state index is 12.2. The van der Waals surface area contributed by atoms with Crippen molar-refractivity contribution in [2.24, 2.45) is 0 Å². The first-order chi connectivity index (χ1) is 14.7. The number of anilines is 1. The molecule has 3 aromatic carbocycles. The quantitative estimate of drug-likeness (QED) is 0.511. The Balaban J connectivity index is 1.35. The van der Waals surface area contributed by atoms with Gasteiger partial charge in [0.25, 0.3) is 0 Å². The van der Waals surface area contributed by atoms with Crippen molar-refractivity contribution in [3.63, 3.8) is 0 Å². The van der Waals surface area contributed by atoms with E-state index in [2.05, 4.69) is 41.4 Å². The number of benzene rings is 3. The van der Waals surface area contributed by atoms with Gasteiger partial charge < -0.3 is 20.5 Å². The topological polar surface area (TPSA) is 73.6 Å². The maximum Gasteiger partial charge on any atom is 0.407 e. The number of rotatable bonds is 4. The first-order valence-electron chi connectivity index (χ1n) is 9.68. The molecule has 1 aliphatic carbocycles. The van der Waals surface area contributed by atoms with Crippen molar-refractivity contribution >= 4 is 11.8 Å². The van der Waals surface area contributed by atoms with Crippen LogP contribution in [0.1, 0.15) is 22.6 Å². The normalized spacial score (nSPS) is 11.6. The SMILES string of the molecule is COc1ccc(N)c(C#CCNC(=O)OCC2c3ccccc3-c3ccccc32)c1. The van der Waals surface area contributed by atoms with E-state index >= 15 is 0 Å². The molecule has 0 bridgehead atoms. The third kappa shape index (κ3) is 3.94. The van der Waals surface area contributed by atoms with Crippen LogP contribution < -0.4 is 15.8 Å². The fourth-order valence-electron chi connectivity index (χ4n) is 3.68. The summed E-state index contributed by atoms with van der Waals surface area (Å²) in [4.78, 5) is 12.2. The number of nitrogen functional groups attached to an aromatic ring is 1. The van der Waals surface area contributed by atoms with Gasteiger partial charge in [-0.2, -0.15) is 0 Å². The van der Waals surface area contributed by atoms with Crippen molar-refractivity contribution in [1.82, 2.24) is 5.32 Å². The molecular weight excluding hydrogens is 376 g/mol. The molecule has 4 rings (SSSR count). The molecule has 0 radical (unpaired) electrons. The highest BCUT2D eigenvalue weighted by Crippen LogP contribution is 2.44. The molecule has 5 heteroatoms. The summed E-state index contributed by atoms with van der Waals surface area (Å²) >= 11 is 0. The van der Waals surface area contributed by atoms with E-state index in [0.717, 1.165) is 0 Å². The van der Waals surface area contributed by atoms with E-state index in [-0.39, 0.29) is 19.1 Å². The van der Waals surface area contributed by atoms with Crippen molar-refractivity contribution in [3.8, 4) is 28.7 Å². The molecule has 30 heavy (non-hydrogen) atoms. The third-order valence-electron chi connectivity index (χ3n) is 5.15. The summed E-state index contributed by atoms with van der Waals surface area (Å²) in [5.74, 6) is 6.54. The molecule has 0 aliphatic heterocycles. The Hall–Kier alpha value is -3.91. The van der Waals surface area contributed by atoms with Crippen LogP contribution in [0.15, 0.2) is 66.7 Å². The van der Waals surface area contributed by atoms with Crippen molar-refractivity contribution in [2.45, 2.75) is 5.92 Å². The number of carbonyl (C=O) groups is 1. The fraction of sp³-hybridized carbons (Fsp3) is 0.160. The minimum absolute atomic E-state index is 0.0332. The largest absolute Gasteiger partial charge is 0.497 e. The molecule has 0 saturated carbocycles. The standard InChI is InChI=1S/C25H22N2O3/c1-29-18-12-13-24(26)17(15-18)7-6-14-27-25(28)30-16-23-21-10-4-2-8-19(21)20-9-3-5-11-22(20)23/h2-5,8-13,15,23H,14,16,26H2,1H3,(H,27,28). The molecule has 150 valence electrons. The van der Waals surface area contributed by atoms with Gasteiger partial charge >= 0.3 is 6.09 Å². The molecule has 1 amide bonds. The van der Waals surface area contributed by atoms with Crippen LogP contribution in [-0.2, 0) is 4.74 Å². The Morgan fingerprint density at radius 2 is 1.70 bits per heavy atom. The van der Waals surface area contributed by atoms with E-state index in [4.69, 9.17) is 15.2 Å². The van der Waals surface area contributed by atoms with E-state index < -0.39 is 6.09 Å². The van der Waals surface area contributed by atoms with Gasteiger partial charge in [-0.15, -0.1) is 0 Å². The van der Waals surface area contributed by atoms with Crippen LogP contribution in [0.3, 0.4) is 0 Å². The van der Waals surface area contributed by atoms with Crippen LogP contribution >= 0.6 is 0 Å². The van der Waals surface area contributed by atoms with Gasteiger partial charge in [-0.3, -0.25) is 0 Å². The Morgan fingerprint density at radius 3 is 2.37 bits per heavy atom. The highest BCUT2D eigenvalue weighted by molar-refractivity contribution is 5.79. The van der Waals surface area contributed by atoms with E-state index in [1.807, 2.05) is 24.3 Å². The Bertz CT molecular complexity index is 1100. The molecule has 0 saturated heterocycles. The summed E-state index contributed by atoms with van der Waals surface area (Å²) in [6.45, 7) is 0.434. The minimum atomic E-state index is -0.496. The van der Waals surface area contributed by atoms with Crippen LogP contribution in [0, 0.1) is 11.8 Å². The van der Waals surface area contributed by atoms with Crippen molar-refractivity contribution in [3.05, 3.63) is 83.4 Å². The van der Waals surface area contributed by atoms with Crippen molar-refractivity contribution in [2.75, 3.05) is 26.0 Å². The summed E-state index contributed by atoms with van der Waals surface area (Å²) < 4.78 is 10.7. The molecule has 3 N–H and O–H groups in total. The van der Waals surface area contributed by atoms with Crippen molar-refractivity contribution < 1.29 is 14.3 Å². The number of hydrogen-bond acceptors (Lipinski definition) is 4. The van der Waals surface area contributed by atoms with Crippen LogP contribution in [0.25, 0.3) is 11.1 Å². The van der Waals surface area contributed by atoms with E-state index in [9.17, 15) is 4.79 Å². The van der Waals surface area contributed by atoms with Gasteiger partial charge in [0.15, 0.2) is 0 Å². The highest BCUT2D eigenvalue weighted by Gasteiger charge is 2.28. The number of methoxy groups -OCH3 is 1. The second kappa shape index (κ2) is 8.62. The number of amides is 1. The zero-order valence-corrected chi connectivity index (χ0v) is 16.6. The molecule has 0 heterocycles. The lowest BCUT2D eigenvalue weighted by Crippen LogP contribution is -2.26. The van der Waals surface area contributed by atoms with Crippen LogP contribution in [0.5, 0.6) is 5.75 Å². The zero-order chi connectivity index (χ0) is 20.9. The number of ether oxygens (including phenoxy) is 2. The second-order valence-corrected chi connectivity index (χ2v) is 6.93. The highest BCUT2D eigenvalue weighted by atomic mass is 16.5. The Morgan fingerprint density at radius 1 is 1.03 bits per heavy atom. The molecule has 0 unspecified atom stereocenters.